The second kappa shape index (κ2) is 5.28. The molecule has 0 saturated carbocycles. The molecule has 0 radical (unpaired) electrons. The lowest BCUT2D eigenvalue weighted by molar-refractivity contribution is 0.0696. The van der Waals surface area contributed by atoms with Crippen LogP contribution in [0.15, 0.2) is 42.6 Å². The van der Waals surface area contributed by atoms with Crippen LogP contribution in [0.5, 0.6) is 0 Å². The number of hydrogen-bond donors (Lipinski definition) is 2. The number of rotatable bonds is 3. The number of nitrogens with zero attached hydrogens (tertiary/aromatic N) is 3. The summed E-state index contributed by atoms with van der Waals surface area (Å²) >= 11 is 0. The largest absolute Gasteiger partial charge is 0.478 e. The van der Waals surface area contributed by atoms with E-state index >= 15 is 0 Å². The van der Waals surface area contributed by atoms with Crippen molar-refractivity contribution in [1.29, 1.82) is 0 Å². The second-order valence-corrected chi connectivity index (χ2v) is 4.73. The van der Waals surface area contributed by atoms with E-state index in [0.29, 0.717) is 22.7 Å². The molecule has 0 bridgehead atoms. The van der Waals surface area contributed by atoms with Gasteiger partial charge in [0.1, 0.15) is 5.82 Å². The number of pyridine rings is 1. The summed E-state index contributed by atoms with van der Waals surface area (Å²) in [6.07, 6.45) is 1.66. The first kappa shape index (κ1) is 13.7. The normalized spacial score (nSPS) is 10.6. The Bertz CT molecular complexity index is 868. The molecule has 7 nitrogen and oxygen atoms in total. The number of benzene rings is 1. The lowest BCUT2D eigenvalue weighted by Gasteiger charge is -2.06. The van der Waals surface area contributed by atoms with Crippen molar-refractivity contribution in [3.63, 3.8) is 0 Å². The number of aryl methyl sites for hydroxylation is 1. The van der Waals surface area contributed by atoms with Crippen molar-refractivity contribution in [3.8, 4) is 0 Å². The van der Waals surface area contributed by atoms with E-state index in [-0.39, 0.29) is 11.5 Å². The molecule has 0 spiro atoms. The van der Waals surface area contributed by atoms with E-state index in [1.165, 1.54) is 12.1 Å². The first-order valence-electron chi connectivity index (χ1n) is 6.51. The van der Waals surface area contributed by atoms with Crippen molar-refractivity contribution in [2.45, 2.75) is 6.92 Å². The molecule has 2 heterocycles. The Kier molecular flexibility index (Phi) is 3.30. The van der Waals surface area contributed by atoms with Gasteiger partial charge in [0.05, 0.1) is 11.1 Å². The Morgan fingerprint density at radius 1 is 1.05 bits per heavy atom. The van der Waals surface area contributed by atoms with Gasteiger partial charge in [0.25, 0.3) is 5.91 Å². The van der Waals surface area contributed by atoms with Crippen molar-refractivity contribution >= 4 is 23.2 Å². The molecule has 0 unspecified atom stereocenters. The number of carbonyl (C=O) groups excluding carboxylic acids is 1. The van der Waals surface area contributed by atoms with Gasteiger partial charge in [-0.25, -0.2) is 4.79 Å². The molecule has 110 valence electrons. The third kappa shape index (κ3) is 2.51. The summed E-state index contributed by atoms with van der Waals surface area (Å²) < 4.78 is 1.72. The molecule has 3 rings (SSSR count). The lowest BCUT2D eigenvalue weighted by Crippen LogP contribution is -2.13. The van der Waals surface area contributed by atoms with Crippen LogP contribution in [0.3, 0.4) is 0 Å². The number of carboxylic acids is 1. The van der Waals surface area contributed by atoms with Crippen LogP contribution in [0.25, 0.3) is 5.65 Å². The smallest absolute Gasteiger partial charge is 0.335 e. The minimum atomic E-state index is -1.01. The number of aromatic carboxylic acids is 1. The Labute approximate surface area is 125 Å². The minimum absolute atomic E-state index is 0.166. The first-order chi connectivity index (χ1) is 10.5. The molecule has 2 aromatic heterocycles. The number of anilines is 1. The molecule has 0 atom stereocenters. The van der Waals surface area contributed by atoms with Crippen LogP contribution >= 0.6 is 0 Å². The Morgan fingerprint density at radius 2 is 1.73 bits per heavy atom. The molecule has 1 amide bonds. The van der Waals surface area contributed by atoms with Gasteiger partial charge in [0, 0.05) is 11.9 Å². The van der Waals surface area contributed by atoms with E-state index in [1.54, 1.807) is 41.8 Å². The van der Waals surface area contributed by atoms with Crippen LogP contribution in [0.4, 0.5) is 5.69 Å². The maximum atomic E-state index is 12.2. The predicted molar refractivity (Wildman–Crippen MR) is 79.1 cm³/mol. The monoisotopic (exact) mass is 296 g/mol. The summed E-state index contributed by atoms with van der Waals surface area (Å²) in [4.78, 5) is 23.0. The van der Waals surface area contributed by atoms with E-state index in [9.17, 15) is 9.59 Å². The highest BCUT2D eigenvalue weighted by molar-refractivity contribution is 6.04. The molecular formula is C15H12N4O3. The average molecular weight is 296 g/mol. The molecule has 0 aliphatic heterocycles. The second-order valence-electron chi connectivity index (χ2n) is 4.73. The number of aromatic nitrogens is 3. The molecule has 0 aliphatic rings. The van der Waals surface area contributed by atoms with E-state index in [2.05, 4.69) is 15.5 Å². The Hall–Kier alpha value is -3.22. The van der Waals surface area contributed by atoms with Crippen LogP contribution in [0.2, 0.25) is 0 Å². The van der Waals surface area contributed by atoms with Gasteiger partial charge in [-0.05, 0) is 43.3 Å². The fourth-order valence-corrected chi connectivity index (χ4v) is 2.04. The molecule has 7 heteroatoms. The molecule has 3 aromatic rings. The van der Waals surface area contributed by atoms with Crippen molar-refractivity contribution in [2.24, 2.45) is 0 Å². The standard InChI is InChI=1S/C15H12N4O3/c1-9-17-18-13-7-4-11(8-19(9)13)14(20)16-12-5-2-10(3-6-12)15(21)22/h2-8H,1H3,(H,16,20)(H,21,22). The van der Waals surface area contributed by atoms with E-state index in [0.717, 1.165) is 0 Å². The molecule has 0 aliphatic carbocycles. The zero-order valence-corrected chi connectivity index (χ0v) is 11.6. The Balaban J connectivity index is 1.83. The summed E-state index contributed by atoms with van der Waals surface area (Å²) in [5.41, 5.74) is 1.81. The van der Waals surface area contributed by atoms with E-state index in [4.69, 9.17) is 5.11 Å². The van der Waals surface area contributed by atoms with Crippen LogP contribution in [-0.4, -0.2) is 31.6 Å². The quantitative estimate of drug-likeness (QED) is 0.770. The Morgan fingerprint density at radius 3 is 2.41 bits per heavy atom. The van der Waals surface area contributed by atoms with E-state index < -0.39 is 5.97 Å². The van der Waals surface area contributed by atoms with Gasteiger partial charge in [-0.15, -0.1) is 10.2 Å². The fraction of sp³-hybridized carbons (Fsp3) is 0.0667. The zero-order valence-electron chi connectivity index (χ0n) is 11.6. The minimum Gasteiger partial charge on any atom is -0.478 e. The van der Waals surface area contributed by atoms with Crippen LogP contribution < -0.4 is 5.32 Å². The van der Waals surface area contributed by atoms with E-state index in [1.807, 2.05) is 0 Å². The van der Waals surface area contributed by atoms with Crippen molar-refractivity contribution in [1.82, 2.24) is 14.6 Å². The number of amides is 1. The average Bonchev–Trinajstić information content (AvgIpc) is 2.88. The molecule has 1 aromatic carbocycles. The molecule has 0 saturated heterocycles. The van der Waals surface area contributed by atoms with Gasteiger partial charge < -0.3 is 10.4 Å². The topological polar surface area (TPSA) is 96.6 Å². The third-order valence-corrected chi connectivity index (χ3v) is 3.22. The predicted octanol–water partition coefficient (Wildman–Crippen LogP) is 1.99. The van der Waals surface area contributed by atoms with Gasteiger partial charge in [0.2, 0.25) is 0 Å². The highest BCUT2D eigenvalue weighted by Gasteiger charge is 2.10. The van der Waals surface area contributed by atoms with Gasteiger partial charge >= 0.3 is 5.97 Å². The summed E-state index contributed by atoms with van der Waals surface area (Å²) in [5, 5.41) is 19.4. The number of hydrogen-bond acceptors (Lipinski definition) is 4. The maximum Gasteiger partial charge on any atom is 0.335 e. The SMILES string of the molecule is Cc1nnc2ccc(C(=O)Nc3ccc(C(=O)O)cc3)cn12. The van der Waals surface area contributed by atoms with Gasteiger partial charge in [-0.3, -0.25) is 9.20 Å². The van der Waals surface area contributed by atoms with Gasteiger partial charge in [-0.1, -0.05) is 0 Å². The summed E-state index contributed by atoms with van der Waals surface area (Å²) in [6.45, 7) is 1.80. The highest BCUT2D eigenvalue weighted by Crippen LogP contribution is 2.12. The van der Waals surface area contributed by atoms with Crippen molar-refractivity contribution in [3.05, 3.63) is 59.5 Å². The van der Waals surface area contributed by atoms with Crippen LogP contribution in [0, 0.1) is 6.92 Å². The lowest BCUT2D eigenvalue weighted by atomic mass is 10.2. The number of fused-ring (bicyclic) bond motifs is 1. The molecular weight excluding hydrogens is 284 g/mol. The molecule has 0 fully saturated rings. The summed E-state index contributed by atoms with van der Waals surface area (Å²) in [6, 6.07) is 9.33. The number of carboxylic acid groups (broad SMARTS) is 1. The zero-order chi connectivity index (χ0) is 15.7. The fourth-order valence-electron chi connectivity index (χ4n) is 2.04. The summed E-state index contributed by atoms with van der Waals surface area (Å²) in [5.74, 6) is -0.611. The molecule has 2 N–H and O–H groups in total. The van der Waals surface area contributed by atoms with Gasteiger partial charge in [-0.2, -0.15) is 0 Å². The molecule has 22 heavy (non-hydrogen) atoms. The first-order valence-corrected chi connectivity index (χ1v) is 6.51. The number of nitrogens with one attached hydrogen (secondary N) is 1. The van der Waals surface area contributed by atoms with Crippen molar-refractivity contribution in [2.75, 3.05) is 5.32 Å². The maximum absolute atomic E-state index is 12.2. The highest BCUT2D eigenvalue weighted by atomic mass is 16.4. The number of carbonyl (C=O) groups is 2. The summed E-state index contributed by atoms with van der Waals surface area (Å²) in [7, 11) is 0. The van der Waals surface area contributed by atoms with Gasteiger partial charge in [0.15, 0.2) is 5.65 Å². The van der Waals surface area contributed by atoms with Crippen molar-refractivity contribution < 1.29 is 14.7 Å². The third-order valence-electron chi connectivity index (χ3n) is 3.22. The van der Waals surface area contributed by atoms with Crippen LogP contribution in [-0.2, 0) is 0 Å². The van der Waals surface area contributed by atoms with Crippen LogP contribution in [0.1, 0.15) is 26.5 Å².